The van der Waals surface area contributed by atoms with Gasteiger partial charge in [0.1, 0.15) is 4.90 Å². The second-order valence-electron chi connectivity index (χ2n) is 6.07. The molecule has 1 aromatic heterocycles. The number of pyridine rings is 1. The van der Waals surface area contributed by atoms with Gasteiger partial charge in [0.15, 0.2) is 0 Å². The van der Waals surface area contributed by atoms with Gasteiger partial charge in [-0.1, -0.05) is 12.1 Å². The van der Waals surface area contributed by atoms with Crippen molar-refractivity contribution in [3.05, 3.63) is 64.5 Å². The number of aromatic nitrogens is 1. The normalized spacial score (nSPS) is 15.5. The number of sulfonamides is 1. The van der Waals surface area contributed by atoms with E-state index < -0.39 is 14.9 Å². The Morgan fingerprint density at radius 3 is 2.33 bits per heavy atom. The summed E-state index contributed by atoms with van der Waals surface area (Å²) < 4.78 is 26.5. The summed E-state index contributed by atoms with van der Waals surface area (Å²) in [6, 6.07) is 8.89. The lowest BCUT2D eigenvalue weighted by molar-refractivity contribution is -0.384. The highest BCUT2D eigenvalue weighted by atomic mass is 32.2. The number of amides is 1. The van der Waals surface area contributed by atoms with Crippen LogP contribution in [-0.4, -0.2) is 59.6 Å². The SMILES string of the molecule is O=C(Cc1ccc([N+](=O)[O-])cc1)N1CCN(S(=O)(=O)c2cccnc2)CC1. The largest absolute Gasteiger partial charge is 0.340 e. The lowest BCUT2D eigenvalue weighted by atomic mass is 10.1. The van der Waals surface area contributed by atoms with Gasteiger partial charge in [0.25, 0.3) is 5.69 Å². The van der Waals surface area contributed by atoms with Crippen molar-refractivity contribution in [2.24, 2.45) is 0 Å². The fraction of sp³-hybridized carbons (Fsp3) is 0.294. The number of carbonyl (C=O) groups is 1. The maximum Gasteiger partial charge on any atom is 0.269 e. The number of rotatable bonds is 5. The smallest absolute Gasteiger partial charge is 0.269 e. The molecule has 0 radical (unpaired) electrons. The number of piperazine rings is 1. The van der Waals surface area contributed by atoms with E-state index in [4.69, 9.17) is 0 Å². The first-order valence-corrected chi connectivity index (χ1v) is 9.73. The molecule has 0 N–H and O–H groups in total. The maximum absolute atomic E-state index is 12.6. The summed E-state index contributed by atoms with van der Waals surface area (Å²) in [7, 11) is -3.61. The van der Waals surface area contributed by atoms with E-state index in [1.807, 2.05) is 0 Å². The quantitative estimate of drug-likeness (QED) is 0.557. The molecule has 0 atom stereocenters. The summed E-state index contributed by atoms with van der Waals surface area (Å²) in [5.41, 5.74) is 0.649. The van der Waals surface area contributed by atoms with E-state index >= 15 is 0 Å². The van der Waals surface area contributed by atoms with Crippen LogP contribution in [0.3, 0.4) is 0 Å². The van der Waals surface area contributed by atoms with Gasteiger partial charge < -0.3 is 4.90 Å². The first-order valence-electron chi connectivity index (χ1n) is 8.29. The fourth-order valence-corrected chi connectivity index (χ4v) is 4.24. The molecule has 0 saturated carbocycles. The highest BCUT2D eigenvalue weighted by Gasteiger charge is 2.30. The van der Waals surface area contributed by atoms with Crippen molar-refractivity contribution in [3.8, 4) is 0 Å². The molecule has 3 rings (SSSR count). The van der Waals surface area contributed by atoms with Crippen molar-refractivity contribution in [2.45, 2.75) is 11.3 Å². The van der Waals surface area contributed by atoms with Crippen LogP contribution in [-0.2, 0) is 21.2 Å². The van der Waals surface area contributed by atoms with Gasteiger partial charge in [-0.3, -0.25) is 19.9 Å². The third-order valence-electron chi connectivity index (χ3n) is 4.37. The van der Waals surface area contributed by atoms with Crippen LogP contribution in [0.4, 0.5) is 5.69 Å². The third kappa shape index (κ3) is 4.29. The molecule has 1 aliphatic rings. The molecule has 0 bridgehead atoms. The summed E-state index contributed by atoms with van der Waals surface area (Å²) in [6.45, 7) is 1.02. The van der Waals surface area contributed by atoms with Crippen LogP contribution in [0.15, 0.2) is 53.7 Å². The molecule has 0 spiro atoms. The molecule has 2 aromatic rings. The van der Waals surface area contributed by atoms with Gasteiger partial charge in [-0.05, 0) is 17.7 Å². The number of carbonyl (C=O) groups excluding carboxylic acids is 1. The Morgan fingerprint density at radius 1 is 1.11 bits per heavy atom. The molecule has 2 heterocycles. The van der Waals surface area contributed by atoms with Crippen LogP contribution in [0.5, 0.6) is 0 Å². The highest BCUT2D eigenvalue weighted by Crippen LogP contribution is 2.17. The Labute approximate surface area is 156 Å². The minimum Gasteiger partial charge on any atom is -0.340 e. The number of hydrogen-bond acceptors (Lipinski definition) is 6. The predicted molar refractivity (Wildman–Crippen MR) is 96.4 cm³/mol. The summed E-state index contributed by atoms with van der Waals surface area (Å²) in [4.78, 5) is 28.2. The number of nitro benzene ring substituents is 1. The van der Waals surface area contributed by atoms with Crippen LogP contribution < -0.4 is 0 Å². The first kappa shape index (κ1) is 18.9. The first-order chi connectivity index (χ1) is 12.9. The average Bonchev–Trinajstić information content (AvgIpc) is 2.69. The predicted octanol–water partition coefficient (Wildman–Crippen LogP) is 1.07. The monoisotopic (exact) mass is 390 g/mol. The van der Waals surface area contributed by atoms with Crippen LogP contribution in [0.2, 0.25) is 0 Å². The number of nitrogens with zero attached hydrogens (tertiary/aromatic N) is 4. The lowest BCUT2D eigenvalue weighted by Crippen LogP contribution is -2.50. The second-order valence-corrected chi connectivity index (χ2v) is 8.01. The number of non-ortho nitro benzene ring substituents is 1. The van der Waals surface area contributed by atoms with Gasteiger partial charge in [-0.25, -0.2) is 8.42 Å². The van der Waals surface area contributed by atoms with Gasteiger partial charge in [-0.2, -0.15) is 4.31 Å². The molecule has 1 saturated heterocycles. The molecule has 1 fully saturated rings. The second kappa shape index (κ2) is 7.80. The molecular formula is C17H18N4O5S. The topological polar surface area (TPSA) is 114 Å². The van der Waals surface area contributed by atoms with E-state index in [2.05, 4.69) is 4.98 Å². The standard InChI is InChI=1S/C17H18N4O5S/c22-17(12-14-3-5-15(6-4-14)21(23)24)19-8-10-20(11-9-19)27(25,26)16-2-1-7-18-13-16/h1-7,13H,8-12H2. The Hall–Kier alpha value is -2.85. The van der Waals surface area contributed by atoms with Gasteiger partial charge in [0.2, 0.25) is 15.9 Å². The van der Waals surface area contributed by atoms with E-state index in [1.54, 1.807) is 23.1 Å². The molecule has 0 unspecified atom stereocenters. The van der Waals surface area contributed by atoms with Crippen molar-refractivity contribution in [2.75, 3.05) is 26.2 Å². The van der Waals surface area contributed by atoms with Crippen molar-refractivity contribution < 1.29 is 18.1 Å². The molecular weight excluding hydrogens is 372 g/mol. The number of nitro groups is 1. The molecule has 1 aliphatic heterocycles. The Kier molecular flexibility index (Phi) is 5.47. The zero-order valence-corrected chi connectivity index (χ0v) is 15.2. The Balaban J connectivity index is 1.58. The Bertz CT molecular complexity index is 924. The highest BCUT2D eigenvalue weighted by molar-refractivity contribution is 7.89. The van der Waals surface area contributed by atoms with Gasteiger partial charge in [0.05, 0.1) is 11.3 Å². The molecule has 27 heavy (non-hydrogen) atoms. The van der Waals surface area contributed by atoms with Crippen LogP contribution in [0, 0.1) is 10.1 Å². The number of hydrogen-bond donors (Lipinski definition) is 0. The zero-order valence-electron chi connectivity index (χ0n) is 14.4. The van der Waals surface area contributed by atoms with Crippen LogP contribution in [0.1, 0.15) is 5.56 Å². The minimum atomic E-state index is -3.61. The molecule has 1 amide bonds. The molecule has 10 heteroatoms. The van der Waals surface area contributed by atoms with E-state index in [1.165, 1.54) is 34.9 Å². The lowest BCUT2D eigenvalue weighted by Gasteiger charge is -2.34. The summed E-state index contributed by atoms with van der Waals surface area (Å²) in [5, 5.41) is 10.7. The van der Waals surface area contributed by atoms with E-state index in [0.29, 0.717) is 18.7 Å². The van der Waals surface area contributed by atoms with Gasteiger partial charge >= 0.3 is 0 Å². The van der Waals surface area contributed by atoms with Crippen LogP contribution in [0.25, 0.3) is 0 Å². The van der Waals surface area contributed by atoms with Crippen molar-refractivity contribution >= 4 is 21.6 Å². The van der Waals surface area contributed by atoms with Crippen LogP contribution >= 0.6 is 0 Å². The molecule has 142 valence electrons. The summed E-state index contributed by atoms with van der Waals surface area (Å²) in [5.74, 6) is -0.137. The van der Waals surface area contributed by atoms with Crippen molar-refractivity contribution in [3.63, 3.8) is 0 Å². The summed E-state index contributed by atoms with van der Waals surface area (Å²) in [6.07, 6.45) is 2.93. The average molecular weight is 390 g/mol. The zero-order chi connectivity index (χ0) is 19.4. The van der Waals surface area contributed by atoms with Crippen molar-refractivity contribution in [1.82, 2.24) is 14.2 Å². The minimum absolute atomic E-state index is 0.0274. The molecule has 1 aromatic carbocycles. The number of benzene rings is 1. The Morgan fingerprint density at radius 2 is 1.78 bits per heavy atom. The van der Waals surface area contributed by atoms with Gasteiger partial charge in [0, 0.05) is 50.7 Å². The molecule has 0 aliphatic carbocycles. The molecule has 9 nitrogen and oxygen atoms in total. The third-order valence-corrected chi connectivity index (χ3v) is 6.25. The van der Waals surface area contributed by atoms with Gasteiger partial charge in [-0.15, -0.1) is 0 Å². The van der Waals surface area contributed by atoms with E-state index in [0.717, 1.165) is 0 Å². The summed E-state index contributed by atoms with van der Waals surface area (Å²) >= 11 is 0. The maximum atomic E-state index is 12.6. The van der Waals surface area contributed by atoms with E-state index in [9.17, 15) is 23.3 Å². The fourth-order valence-electron chi connectivity index (χ4n) is 2.85. The van der Waals surface area contributed by atoms with Crippen molar-refractivity contribution in [1.29, 1.82) is 0 Å². The van der Waals surface area contributed by atoms with E-state index in [-0.39, 0.29) is 36.0 Å².